The number of aromatic nitrogens is 1. The zero-order chi connectivity index (χ0) is 20.8. The van der Waals surface area contributed by atoms with Crippen LogP contribution in [0.25, 0.3) is 0 Å². The fourth-order valence-electron chi connectivity index (χ4n) is 4.36. The Bertz CT molecular complexity index is 919. The van der Waals surface area contributed by atoms with Crippen molar-refractivity contribution in [1.29, 1.82) is 0 Å². The second-order valence-electron chi connectivity index (χ2n) is 7.27. The molecule has 4 rings (SSSR count). The highest BCUT2D eigenvalue weighted by molar-refractivity contribution is 5.75. The Labute approximate surface area is 167 Å². The van der Waals surface area contributed by atoms with E-state index in [9.17, 15) is 13.2 Å². The van der Waals surface area contributed by atoms with Crippen LogP contribution in [-0.4, -0.2) is 45.4 Å². The van der Waals surface area contributed by atoms with Gasteiger partial charge in [-0.3, -0.25) is 0 Å². The Morgan fingerprint density at radius 3 is 2.69 bits per heavy atom. The average Bonchev–Trinajstić information content (AvgIpc) is 2.99. The van der Waals surface area contributed by atoms with Gasteiger partial charge in [-0.25, -0.2) is 0 Å². The van der Waals surface area contributed by atoms with Crippen LogP contribution in [-0.2, 0) is 6.18 Å². The number of hydrogen-bond donors (Lipinski definition) is 2. The van der Waals surface area contributed by atoms with Gasteiger partial charge < -0.3 is 25.0 Å². The minimum atomic E-state index is -4.46. The van der Waals surface area contributed by atoms with Gasteiger partial charge in [-0.15, -0.1) is 0 Å². The molecule has 6 nitrogen and oxygen atoms in total. The molecule has 3 heterocycles. The number of likely N-dealkylation sites (N-methyl/N-ethyl adjacent to an activating group) is 1. The van der Waals surface area contributed by atoms with Crippen LogP contribution in [0.2, 0.25) is 0 Å². The predicted molar refractivity (Wildman–Crippen MR) is 104 cm³/mol. The number of hydrogen-bond acceptors (Lipinski definition) is 6. The Morgan fingerprint density at radius 1 is 1.21 bits per heavy atom. The van der Waals surface area contributed by atoms with Crippen LogP contribution in [0.5, 0.6) is 11.8 Å². The largest absolute Gasteiger partial charge is 0.481 e. The maximum absolute atomic E-state index is 13.9. The third kappa shape index (κ3) is 3.43. The molecule has 1 fully saturated rings. The van der Waals surface area contributed by atoms with E-state index in [0.717, 1.165) is 19.0 Å². The van der Waals surface area contributed by atoms with E-state index >= 15 is 0 Å². The Morgan fingerprint density at radius 2 is 2.00 bits per heavy atom. The number of piperidine rings is 1. The highest BCUT2D eigenvalue weighted by atomic mass is 19.4. The maximum Gasteiger partial charge on any atom is 0.418 e. The lowest BCUT2D eigenvalue weighted by atomic mass is 9.89. The monoisotopic (exact) mass is 408 g/mol. The van der Waals surface area contributed by atoms with Gasteiger partial charge in [-0.1, -0.05) is 0 Å². The first-order chi connectivity index (χ1) is 13.8. The molecule has 0 amide bonds. The van der Waals surface area contributed by atoms with Crippen LogP contribution in [0.4, 0.5) is 30.2 Å². The first-order valence-corrected chi connectivity index (χ1v) is 9.38. The van der Waals surface area contributed by atoms with Gasteiger partial charge in [-0.05, 0) is 36.7 Å². The van der Waals surface area contributed by atoms with E-state index in [4.69, 9.17) is 9.47 Å². The van der Waals surface area contributed by atoms with Gasteiger partial charge in [0.05, 0.1) is 25.5 Å². The number of anilines is 3. The number of pyridine rings is 1. The third-order valence-corrected chi connectivity index (χ3v) is 5.66. The Hall–Kier alpha value is -2.68. The standard InChI is InChI=1S/C20H23F3N4O2/c1-27-16-6-7-24-10-13(16)12-8-11(9-14(18(12)27)20(21,22)23)25-15-4-5-17(28-2)26-19(15)29-3/h4-5,8-9,13,16,24-25H,6-7,10H2,1-3H3/t13-,16-/m0/s1. The molecule has 2 N–H and O–H groups in total. The van der Waals surface area contributed by atoms with Gasteiger partial charge in [0.1, 0.15) is 5.69 Å². The summed E-state index contributed by atoms with van der Waals surface area (Å²) in [6.07, 6.45) is -3.65. The number of rotatable bonds is 4. The molecule has 2 atom stereocenters. The van der Waals surface area contributed by atoms with Crippen molar-refractivity contribution in [3.8, 4) is 11.8 Å². The molecule has 0 radical (unpaired) electrons. The van der Waals surface area contributed by atoms with Crippen molar-refractivity contribution < 1.29 is 22.6 Å². The minimum Gasteiger partial charge on any atom is -0.481 e. The molecule has 2 aromatic rings. The van der Waals surface area contributed by atoms with Crippen LogP contribution < -0.4 is 25.0 Å². The summed E-state index contributed by atoms with van der Waals surface area (Å²) in [6, 6.07) is 6.33. The zero-order valence-electron chi connectivity index (χ0n) is 16.4. The lowest BCUT2D eigenvalue weighted by Gasteiger charge is -2.31. The molecule has 0 spiro atoms. The van der Waals surface area contributed by atoms with Crippen LogP contribution in [0, 0.1) is 0 Å². The van der Waals surface area contributed by atoms with Gasteiger partial charge in [-0.2, -0.15) is 18.2 Å². The molecule has 0 bridgehead atoms. The van der Waals surface area contributed by atoms with Crippen LogP contribution in [0.15, 0.2) is 24.3 Å². The van der Waals surface area contributed by atoms with Gasteiger partial charge in [0.25, 0.3) is 0 Å². The van der Waals surface area contributed by atoms with Gasteiger partial charge >= 0.3 is 6.18 Å². The van der Waals surface area contributed by atoms with Crippen LogP contribution >= 0.6 is 0 Å². The summed E-state index contributed by atoms with van der Waals surface area (Å²) in [7, 11) is 4.69. The van der Waals surface area contributed by atoms with Crippen molar-refractivity contribution >= 4 is 17.1 Å². The summed E-state index contributed by atoms with van der Waals surface area (Å²) < 4.78 is 52.1. The summed E-state index contributed by atoms with van der Waals surface area (Å²) >= 11 is 0. The highest BCUT2D eigenvalue weighted by Gasteiger charge is 2.45. The number of halogens is 3. The van der Waals surface area contributed by atoms with Crippen molar-refractivity contribution in [2.45, 2.75) is 24.6 Å². The van der Waals surface area contributed by atoms with E-state index in [1.165, 1.54) is 14.2 Å². The highest BCUT2D eigenvalue weighted by Crippen LogP contribution is 2.50. The van der Waals surface area contributed by atoms with Crippen molar-refractivity contribution in [2.75, 3.05) is 44.6 Å². The summed E-state index contributed by atoms with van der Waals surface area (Å²) in [5.74, 6) is 0.616. The fraction of sp³-hybridized carbons (Fsp3) is 0.450. The molecule has 1 saturated heterocycles. The maximum atomic E-state index is 13.9. The van der Waals surface area contributed by atoms with Crippen molar-refractivity contribution in [2.24, 2.45) is 0 Å². The molecule has 2 aliphatic heterocycles. The fourth-order valence-corrected chi connectivity index (χ4v) is 4.36. The molecular formula is C20H23F3N4O2. The topological polar surface area (TPSA) is 58.7 Å². The number of alkyl halides is 3. The molecule has 0 unspecified atom stereocenters. The SMILES string of the molecule is COc1ccc(Nc2cc3c(c(C(F)(F)F)c2)N(C)[C@H]2CCNC[C@@H]32)c(OC)n1. The molecule has 156 valence electrons. The van der Waals surface area contributed by atoms with Gasteiger partial charge in [0, 0.05) is 37.3 Å². The van der Waals surface area contributed by atoms with Crippen LogP contribution in [0.1, 0.15) is 23.5 Å². The van der Waals surface area contributed by atoms with Crippen LogP contribution in [0.3, 0.4) is 0 Å². The van der Waals surface area contributed by atoms with Gasteiger partial charge in [0.15, 0.2) is 0 Å². The zero-order valence-corrected chi connectivity index (χ0v) is 16.4. The van der Waals surface area contributed by atoms with E-state index in [1.807, 2.05) is 6.07 Å². The molecular weight excluding hydrogens is 385 g/mol. The summed E-state index contributed by atoms with van der Waals surface area (Å²) in [5, 5.41) is 6.35. The van der Waals surface area contributed by atoms with Crippen molar-refractivity contribution in [3.63, 3.8) is 0 Å². The number of ether oxygens (including phenoxy) is 2. The quantitative estimate of drug-likeness (QED) is 0.804. The second-order valence-corrected chi connectivity index (χ2v) is 7.27. The summed E-state index contributed by atoms with van der Waals surface area (Å²) in [5.41, 5.74) is 1.17. The molecule has 29 heavy (non-hydrogen) atoms. The van der Waals surface area contributed by atoms with Crippen molar-refractivity contribution in [3.05, 3.63) is 35.4 Å². The molecule has 1 aromatic carbocycles. The Balaban J connectivity index is 1.79. The second kappa shape index (κ2) is 7.29. The average molecular weight is 408 g/mol. The van der Waals surface area contributed by atoms with E-state index in [0.29, 0.717) is 29.4 Å². The number of benzene rings is 1. The molecule has 9 heteroatoms. The molecule has 1 aromatic heterocycles. The van der Waals surface area contributed by atoms with Gasteiger partial charge in [0.2, 0.25) is 11.8 Å². The number of nitrogens with one attached hydrogen (secondary N) is 2. The minimum absolute atomic E-state index is 0.0162. The predicted octanol–water partition coefficient (Wildman–Crippen LogP) is 3.76. The van der Waals surface area contributed by atoms with E-state index < -0.39 is 11.7 Å². The normalized spacial score (nSPS) is 20.8. The number of fused-ring (bicyclic) bond motifs is 3. The third-order valence-electron chi connectivity index (χ3n) is 5.66. The van der Waals surface area contributed by atoms with Crippen molar-refractivity contribution in [1.82, 2.24) is 10.3 Å². The first kappa shape index (κ1) is 19.6. The lowest BCUT2D eigenvalue weighted by Crippen LogP contribution is -2.42. The van der Waals surface area contributed by atoms with E-state index in [1.54, 1.807) is 24.1 Å². The first-order valence-electron chi connectivity index (χ1n) is 9.38. The lowest BCUT2D eigenvalue weighted by molar-refractivity contribution is -0.137. The summed E-state index contributed by atoms with van der Waals surface area (Å²) in [4.78, 5) is 5.97. The molecule has 0 aliphatic carbocycles. The van der Waals surface area contributed by atoms with E-state index in [-0.39, 0.29) is 23.5 Å². The molecule has 0 saturated carbocycles. The van der Waals surface area contributed by atoms with E-state index in [2.05, 4.69) is 15.6 Å². The number of nitrogens with zero attached hydrogens (tertiary/aromatic N) is 2. The smallest absolute Gasteiger partial charge is 0.418 e. The number of methoxy groups -OCH3 is 2. The summed E-state index contributed by atoms with van der Waals surface area (Å²) in [6.45, 7) is 1.47. The Kier molecular flexibility index (Phi) is 4.94. The molecule has 2 aliphatic rings.